The lowest BCUT2D eigenvalue weighted by Crippen LogP contribution is -2.06. The summed E-state index contributed by atoms with van der Waals surface area (Å²) in [5.74, 6) is -1.46. The highest BCUT2D eigenvalue weighted by Crippen LogP contribution is 2.29. The van der Waals surface area contributed by atoms with E-state index in [2.05, 4.69) is 15.9 Å². The Morgan fingerprint density at radius 3 is 2.32 bits per heavy atom. The minimum Gasteiger partial charge on any atom is -0.388 e. The van der Waals surface area contributed by atoms with Gasteiger partial charge in [-0.3, -0.25) is 0 Å². The number of rotatable bonds is 4. The van der Waals surface area contributed by atoms with Crippen LogP contribution in [0.15, 0.2) is 28.7 Å². The second-order valence-corrected chi connectivity index (χ2v) is 6.39. The van der Waals surface area contributed by atoms with Gasteiger partial charge in [0.2, 0.25) is 0 Å². The summed E-state index contributed by atoms with van der Waals surface area (Å²) in [7, 11) is 0. The van der Waals surface area contributed by atoms with Crippen molar-refractivity contribution in [2.75, 3.05) is 0 Å². The fourth-order valence-electron chi connectivity index (χ4n) is 1.89. The molecule has 102 valence electrons. The number of aliphatic hydroxyl groups excluding tert-OH is 1. The maximum Gasteiger partial charge on any atom is 0.133 e. The van der Waals surface area contributed by atoms with Crippen LogP contribution in [0, 0.1) is 11.6 Å². The molecule has 19 heavy (non-hydrogen) atoms. The van der Waals surface area contributed by atoms with Crippen molar-refractivity contribution in [1.82, 2.24) is 0 Å². The van der Waals surface area contributed by atoms with Crippen molar-refractivity contribution in [1.29, 1.82) is 0 Å². The van der Waals surface area contributed by atoms with Gasteiger partial charge in [-0.15, -0.1) is 11.3 Å². The summed E-state index contributed by atoms with van der Waals surface area (Å²) in [6.07, 6.45) is -0.0292. The molecule has 1 nitrogen and oxygen atoms in total. The fourth-order valence-corrected chi connectivity index (χ4v) is 3.28. The Morgan fingerprint density at radius 2 is 1.79 bits per heavy atom. The molecule has 1 heterocycles. The molecule has 1 atom stereocenters. The highest BCUT2D eigenvalue weighted by atomic mass is 79.9. The molecule has 1 aromatic heterocycles. The van der Waals surface area contributed by atoms with E-state index in [1.54, 1.807) is 11.3 Å². The number of hydrogen-bond donors (Lipinski definition) is 1. The SMILES string of the molecule is CCc1ccc(CC(O)c2c(F)cc(Br)cc2F)s1. The van der Waals surface area contributed by atoms with Gasteiger partial charge in [-0.1, -0.05) is 22.9 Å². The molecule has 0 aliphatic carbocycles. The first-order valence-corrected chi connectivity index (χ1v) is 7.52. The van der Waals surface area contributed by atoms with Crippen molar-refractivity contribution in [3.63, 3.8) is 0 Å². The van der Waals surface area contributed by atoms with Crippen molar-refractivity contribution in [2.24, 2.45) is 0 Å². The molecule has 2 aromatic rings. The van der Waals surface area contributed by atoms with Gasteiger partial charge in [-0.25, -0.2) is 8.78 Å². The molecule has 0 radical (unpaired) electrons. The van der Waals surface area contributed by atoms with E-state index in [1.165, 1.54) is 4.88 Å². The number of hydrogen-bond acceptors (Lipinski definition) is 2. The van der Waals surface area contributed by atoms with Gasteiger partial charge in [-0.05, 0) is 30.7 Å². The molecule has 0 aliphatic heterocycles. The Morgan fingerprint density at radius 1 is 1.21 bits per heavy atom. The molecule has 0 amide bonds. The Labute approximate surface area is 123 Å². The lowest BCUT2D eigenvalue weighted by atomic mass is 10.0. The van der Waals surface area contributed by atoms with Gasteiger partial charge in [0.1, 0.15) is 11.6 Å². The van der Waals surface area contributed by atoms with E-state index in [9.17, 15) is 13.9 Å². The molecule has 0 fully saturated rings. The number of thiophene rings is 1. The summed E-state index contributed by atoms with van der Waals surface area (Å²) < 4.78 is 27.7. The third-order valence-corrected chi connectivity index (χ3v) is 4.55. The van der Waals surface area contributed by atoms with Gasteiger partial charge in [0.25, 0.3) is 0 Å². The van der Waals surface area contributed by atoms with E-state index in [-0.39, 0.29) is 12.0 Å². The third-order valence-electron chi connectivity index (χ3n) is 2.84. The second-order valence-electron chi connectivity index (χ2n) is 4.22. The average molecular weight is 347 g/mol. The summed E-state index contributed by atoms with van der Waals surface area (Å²) in [6, 6.07) is 6.18. The Kier molecular flexibility index (Phi) is 4.71. The molecule has 1 unspecified atom stereocenters. The molecule has 0 saturated heterocycles. The normalized spacial score (nSPS) is 12.7. The van der Waals surface area contributed by atoms with Crippen molar-refractivity contribution in [2.45, 2.75) is 25.9 Å². The molecular formula is C14H13BrF2OS. The van der Waals surface area contributed by atoms with Crippen LogP contribution in [0.25, 0.3) is 0 Å². The minimum absolute atomic E-state index is 0.222. The summed E-state index contributed by atoms with van der Waals surface area (Å²) in [4.78, 5) is 2.12. The quantitative estimate of drug-likeness (QED) is 0.855. The van der Waals surface area contributed by atoms with Crippen LogP contribution in [0.2, 0.25) is 0 Å². The van der Waals surface area contributed by atoms with Crippen LogP contribution in [0.1, 0.15) is 28.3 Å². The Bertz CT molecular complexity index is 560. The molecule has 5 heteroatoms. The molecule has 0 spiro atoms. The zero-order valence-corrected chi connectivity index (χ0v) is 12.7. The summed E-state index contributed by atoms with van der Waals surface area (Å²) in [5, 5.41) is 10.0. The predicted molar refractivity (Wildman–Crippen MR) is 76.4 cm³/mol. The minimum atomic E-state index is -1.17. The van der Waals surface area contributed by atoms with Crippen molar-refractivity contribution < 1.29 is 13.9 Å². The lowest BCUT2D eigenvalue weighted by Gasteiger charge is -2.12. The maximum atomic E-state index is 13.7. The second kappa shape index (κ2) is 6.11. The van der Waals surface area contributed by atoms with Crippen molar-refractivity contribution in [3.8, 4) is 0 Å². The van der Waals surface area contributed by atoms with Crippen LogP contribution < -0.4 is 0 Å². The van der Waals surface area contributed by atoms with Gasteiger partial charge in [0.05, 0.1) is 11.7 Å². The van der Waals surface area contributed by atoms with Crippen LogP contribution >= 0.6 is 27.3 Å². The van der Waals surface area contributed by atoms with E-state index < -0.39 is 17.7 Å². The Balaban J connectivity index is 2.22. The van der Waals surface area contributed by atoms with E-state index in [4.69, 9.17) is 0 Å². The van der Waals surface area contributed by atoms with Crippen LogP contribution in [-0.2, 0) is 12.8 Å². The molecule has 0 bridgehead atoms. The number of halogens is 3. The Hall–Kier alpha value is -0.780. The van der Waals surface area contributed by atoms with E-state index in [1.807, 2.05) is 19.1 Å². The largest absolute Gasteiger partial charge is 0.388 e. The molecule has 2 rings (SSSR count). The molecule has 0 saturated carbocycles. The predicted octanol–water partition coefficient (Wildman–Crippen LogP) is 4.63. The average Bonchev–Trinajstić information content (AvgIpc) is 2.75. The fraction of sp³-hybridized carbons (Fsp3) is 0.286. The third kappa shape index (κ3) is 3.41. The number of benzene rings is 1. The van der Waals surface area contributed by atoms with Crippen LogP contribution in [0.4, 0.5) is 8.78 Å². The molecule has 1 N–H and O–H groups in total. The smallest absolute Gasteiger partial charge is 0.133 e. The van der Waals surface area contributed by atoms with Gasteiger partial charge in [0.15, 0.2) is 0 Å². The van der Waals surface area contributed by atoms with Crippen molar-refractivity contribution in [3.05, 3.63) is 55.7 Å². The van der Waals surface area contributed by atoms with E-state index >= 15 is 0 Å². The zero-order valence-electron chi connectivity index (χ0n) is 10.3. The van der Waals surface area contributed by atoms with E-state index in [0.29, 0.717) is 4.47 Å². The summed E-state index contributed by atoms with van der Waals surface area (Å²) in [5.41, 5.74) is -0.269. The molecule has 1 aromatic carbocycles. The van der Waals surface area contributed by atoms with Crippen LogP contribution in [0.5, 0.6) is 0 Å². The van der Waals surface area contributed by atoms with Crippen LogP contribution in [-0.4, -0.2) is 5.11 Å². The van der Waals surface area contributed by atoms with E-state index in [0.717, 1.165) is 23.4 Å². The number of aryl methyl sites for hydroxylation is 1. The zero-order chi connectivity index (χ0) is 14.0. The first-order chi connectivity index (χ1) is 9.01. The standard InChI is InChI=1S/C14H13BrF2OS/c1-2-9-3-4-10(19-9)7-13(18)14-11(16)5-8(15)6-12(14)17/h3-6,13,18H,2,7H2,1H3. The summed E-state index contributed by atoms with van der Waals surface area (Å²) in [6.45, 7) is 2.04. The van der Waals surface area contributed by atoms with Gasteiger partial charge in [-0.2, -0.15) is 0 Å². The highest BCUT2D eigenvalue weighted by molar-refractivity contribution is 9.10. The first kappa shape index (κ1) is 14.6. The van der Waals surface area contributed by atoms with Crippen LogP contribution in [0.3, 0.4) is 0 Å². The monoisotopic (exact) mass is 346 g/mol. The highest BCUT2D eigenvalue weighted by Gasteiger charge is 2.19. The van der Waals surface area contributed by atoms with Gasteiger partial charge in [0, 0.05) is 20.6 Å². The topological polar surface area (TPSA) is 20.2 Å². The lowest BCUT2D eigenvalue weighted by molar-refractivity contribution is 0.169. The molecule has 0 aliphatic rings. The molecular weight excluding hydrogens is 334 g/mol. The van der Waals surface area contributed by atoms with Gasteiger partial charge >= 0.3 is 0 Å². The number of aliphatic hydroxyl groups is 1. The van der Waals surface area contributed by atoms with Crippen molar-refractivity contribution >= 4 is 27.3 Å². The van der Waals surface area contributed by atoms with Gasteiger partial charge < -0.3 is 5.11 Å². The maximum absolute atomic E-state index is 13.7. The summed E-state index contributed by atoms with van der Waals surface area (Å²) >= 11 is 4.57. The first-order valence-electron chi connectivity index (χ1n) is 5.91.